The maximum absolute atomic E-state index is 12.4. The minimum atomic E-state index is -0.328. The number of phenolic OH excluding ortho intramolecular Hbond substituents is 1. The van der Waals surface area contributed by atoms with Crippen LogP contribution in [0.5, 0.6) is 5.75 Å². The summed E-state index contributed by atoms with van der Waals surface area (Å²) in [6.45, 7) is 26.8. The minimum Gasteiger partial charge on any atom is -0.507 e. The van der Waals surface area contributed by atoms with Crippen LogP contribution in [-0.4, -0.2) is 24.6 Å². The van der Waals surface area contributed by atoms with Gasteiger partial charge in [-0.1, -0.05) is 162 Å². The summed E-state index contributed by atoms with van der Waals surface area (Å²) >= 11 is 0. The van der Waals surface area contributed by atoms with Crippen molar-refractivity contribution in [2.75, 3.05) is 0 Å². The number of fused-ring (bicyclic) bond motifs is 1. The normalized spacial score (nSPS) is 12.6. The molecule has 3 aromatic heterocycles. The van der Waals surface area contributed by atoms with Crippen molar-refractivity contribution in [1.29, 1.82) is 0 Å². The average molecular weight is 817 g/mol. The van der Waals surface area contributed by atoms with Gasteiger partial charge in [-0.15, -0.1) is 0 Å². The van der Waals surface area contributed by atoms with Crippen molar-refractivity contribution >= 4 is 11.0 Å². The summed E-state index contributed by atoms with van der Waals surface area (Å²) in [4.78, 5) is 15.4. The summed E-state index contributed by atoms with van der Waals surface area (Å²) < 4.78 is 2.20. The molecule has 0 unspecified atom stereocenters. The van der Waals surface area contributed by atoms with Gasteiger partial charge in [-0.05, 0) is 103 Å². The second kappa shape index (κ2) is 15.5. The van der Waals surface area contributed by atoms with Gasteiger partial charge in [0.25, 0.3) is 0 Å². The molecule has 62 heavy (non-hydrogen) atoms. The number of imidazole rings is 1. The van der Waals surface area contributed by atoms with E-state index in [1.165, 1.54) is 11.1 Å². The van der Waals surface area contributed by atoms with E-state index in [4.69, 9.17) is 15.0 Å². The predicted molar refractivity (Wildman–Crippen MR) is 260 cm³/mol. The lowest BCUT2D eigenvalue weighted by molar-refractivity contribution is 0.446. The third-order valence-electron chi connectivity index (χ3n) is 12.0. The van der Waals surface area contributed by atoms with Gasteiger partial charge in [0.1, 0.15) is 17.1 Å². The highest BCUT2D eigenvalue weighted by atomic mass is 16.3. The highest BCUT2D eigenvalue weighted by Gasteiger charge is 2.30. The van der Waals surface area contributed by atoms with Crippen molar-refractivity contribution in [2.45, 2.75) is 105 Å². The van der Waals surface area contributed by atoms with Gasteiger partial charge < -0.3 is 5.11 Å². The van der Waals surface area contributed by atoms with E-state index in [1.807, 2.05) is 36.8 Å². The lowest BCUT2D eigenvalue weighted by atomic mass is 9.78. The van der Waals surface area contributed by atoms with Crippen LogP contribution in [0.3, 0.4) is 0 Å². The first kappa shape index (κ1) is 42.4. The Morgan fingerprint density at radius 2 is 1.05 bits per heavy atom. The van der Waals surface area contributed by atoms with Crippen LogP contribution >= 0.6 is 0 Å². The smallest absolute Gasteiger partial charge is 0.149 e. The van der Waals surface area contributed by atoms with Gasteiger partial charge in [-0.3, -0.25) is 14.5 Å². The Labute approximate surface area is 368 Å². The van der Waals surface area contributed by atoms with Gasteiger partial charge >= 0.3 is 0 Å². The number of aromatic nitrogens is 4. The molecule has 0 amide bonds. The summed E-state index contributed by atoms with van der Waals surface area (Å²) in [6.07, 6.45) is 5.70. The largest absolute Gasteiger partial charge is 0.507 e. The van der Waals surface area contributed by atoms with Crippen LogP contribution in [0, 0.1) is 0 Å². The molecular weight excluding hydrogens is 757 g/mol. The van der Waals surface area contributed by atoms with Crippen LogP contribution < -0.4 is 0 Å². The van der Waals surface area contributed by atoms with Gasteiger partial charge in [-0.25, -0.2) is 4.98 Å². The summed E-state index contributed by atoms with van der Waals surface area (Å²) in [6, 6.07) is 43.1. The molecule has 8 aromatic rings. The van der Waals surface area contributed by atoms with Gasteiger partial charge in [0.15, 0.2) is 0 Å². The topological polar surface area (TPSA) is 63.8 Å². The molecule has 0 radical (unpaired) electrons. The van der Waals surface area contributed by atoms with Crippen LogP contribution in [0.25, 0.3) is 72.7 Å². The number of nitrogens with zero attached hydrogens (tertiary/aromatic N) is 4. The molecule has 0 aliphatic carbocycles. The van der Waals surface area contributed by atoms with Crippen LogP contribution in [0.1, 0.15) is 105 Å². The molecule has 0 fully saturated rings. The molecule has 0 bridgehead atoms. The molecule has 0 atom stereocenters. The predicted octanol–water partition coefficient (Wildman–Crippen LogP) is 15.0. The SMILES string of the molecule is CC(C)(C)c1cc(-c2cc(-c3ccccn3)cc(-c3cncc4c3nc(-c3cc(C(C)(C)C)cc(C(C)(C)C)c3O)n4-c3ccccc3-c3ccccc3)c2)cc(C(C)(C)C)c1. The Kier molecular flexibility index (Phi) is 10.6. The molecule has 5 aromatic carbocycles. The lowest BCUT2D eigenvalue weighted by Gasteiger charge is -2.27. The lowest BCUT2D eigenvalue weighted by Crippen LogP contribution is -2.17. The van der Waals surface area contributed by atoms with Crippen molar-refractivity contribution < 1.29 is 5.11 Å². The van der Waals surface area contributed by atoms with Crippen molar-refractivity contribution in [3.05, 3.63) is 162 Å². The number of para-hydroxylation sites is 1. The first-order chi connectivity index (χ1) is 29.2. The van der Waals surface area contributed by atoms with Gasteiger partial charge in [0, 0.05) is 34.6 Å². The zero-order valence-corrected chi connectivity index (χ0v) is 38.5. The molecule has 8 rings (SSSR count). The Balaban J connectivity index is 1.48. The van der Waals surface area contributed by atoms with Crippen molar-refractivity contribution in [3.63, 3.8) is 0 Å². The summed E-state index contributed by atoms with van der Waals surface area (Å²) in [5.41, 5.74) is 15.4. The van der Waals surface area contributed by atoms with Crippen molar-refractivity contribution in [1.82, 2.24) is 19.5 Å². The van der Waals surface area contributed by atoms with E-state index in [1.54, 1.807) is 0 Å². The van der Waals surface area contributed by atoms with Crippen LogP contribution in [0.4, 0.5) is 0 Å². The first-order valence-electron chi connectivity index (χ1n) is 21.8. The number of hydrogen-bond donors (Lipinski definition) is 1. The fourth-order valence-electron chi connectivity index (χ4n) is 8.26. The van der Waals surface area contributed by atoms with Crippen molar-refractivity contribution in [2.24, 2.45) is 0 Å². The van der Waals surface area contributed by atoms with Crippen molar-refractivity contribution in [3.8, 4) is 67.5 Å². The summed E-state index contributed by atoms with van der Waals surface area (Å²) in [5.74, 6) is 0.891. The Hall–Kier alpha value is -6.33. The number of rotatable bonds is 6. The molecule has 5 heteroatoms. The fraction of sp³-hybridized carbons (Fsp3) is 0.281. The average Bonchev–Trinajstić information content (AvgIpc) is 3.62. The standard InChI is InChI=1S/C57H60N4O/c1-54(2,3)41-29-38(30-42(31-41)55(4,5)6)37-26-39(28-40(27-37)48-23-18-19-25-59-48)46-34-58-35-50-51(46)60-53(45-32-43(56(7,8)9)33-47(52(45)62)57(10,11)12)61(50)49-24-17-16-22-44(49)36-20-14-13-15-21-36/h13-35,62H,1-12H3. The molecule has 314 valence electrons. The number of phenols is 1. The Morgan fingerprint density at radius 3 is 1.68 bits per heavy atom. The van der Waals surface area contributed by atoms with Crippen LogP contribution in [-0.2, 0) is 21.7 Å². The number of benzene rings is 5. The quantitative estimate of drug-likeness (QED) is 0.182. The van der Waals surface area contributed by atoms with E-state index < -0.39 is 0 Å². The number of pyridine rings is 2. The maximum atomic E-state index is 12.4. The highest BCUT2D eigenvalue weighted by Crippen LogP contribution is 2.46. The molecule has 1 N–H and O–H groups in total. The molecule has 0 aliphatic rings. The third kappa shape index (κ3) is 8.21. The fourth-order valence-corrected chi connectivity index (χ4v) is 8.26. The monoisotopic (exact) mass is 816 g/mol. The van der Waals surface area contributed by atoms with E-state index in [-0.39, 0.29) is 27.4 Å². The van der Waals surface area contributed by atoms with Gasteiger partial charge in [-0.2, -0.15) is 0 Å². The molecule has 5 nitrogen and oxygen atoms in total. The van der Waals surface area contributed by atoms with E-state index in [0.29, 0.717) is 11.4 Å². The first-order valence-corrected chi connectivity index (χ1v) is 21.8. The number of aromatic hydroxyl groups is 1. The maximum Gasteiger partial charge on any atom is 0.149 e. The zero-order valence-electron chi connectivity index (χ0n) is 38.5. The molecule has 0 saturated heterocycles. The molecular formula is C57H60N4O. The van der Waals surface area contributed by atoms with Gasteiger partial charge in [0.05, 0.1) is 28.7 Å². The summed E-state index contributed by atoms with van der Waals surface area (Å²) in [5, 5.41) is 12.4. The van der Waals surface area contributed by atoms with E-state index >= 15 is 0 Å². The van der Waals surface area contributed by atoms with Gasteiger partial charge in [0.2, 0.25) is 0 Å². The minimum absolute atomic E-state index is 0.0467. The Bertz CT molecular complexity index is 2900. The van der Waals surface area contributed by atoms with Crippen LogP contribution in [0.2, 0.25) is 0 Å². The van der Waals surface area contributed by atoms with E-state index in [9.17, 15) is 5.11 Å². The molecule has 3 heterocycles. The zero-order chi connectivity index (χ0) is 44.4. The number of hydrogen-bond acceptors (Lipinski definition) is 4. The van der Waals surface area contributed by atoms with E-state index in [0.717, 1.165) is 72.5 Å². The third-order valence-corrected chi connectivity index (χ3v) is 12.0. The second-order valence-corrected chi connectivity index (χ2v) is 20.9. The van der Waals surface area contributed by atoms with Crippen LogP contribution in [0.15, 0.2) is 140 Å². The van der Waals surface area contributed by atoms with E-state index in [2.05, 4.69) is 191 Å². The highest BCUT2D eigenvalue weighted by molar-refractivity contribution is 5.98. The summed E-state index contributed by atoms with van der Waals surface area (Å²) in [7, 11) is 0. The molecule has 0 aliphatic heterocycles. The second-order valence-electron chi connectivity index (χ2n) is 20.9. The molecule has 0 spiro atoms. The Morgan fingerprint density at radius 1 is 0.468 bits per heavy atom. The molecule has 0 saturated carbocycles.